The minimum Gasteiger partial charge on any atom is -0.481 e. The van der Waals surface area contributed by atoms with Crippen LogP contribution in [-0.4, -0.2) is 36.0 Å². The number of rotatable bonds is 9. The second-order valence-corrected chi connectivity index (χ2v) is 5.77. The van der Waals surface area contributed by atoms with Crippen molar-refractivity contribution >= 4 is 17.8 Å². The average Bonchev–Trinajstić information content (AvgIpc) is 2.49. The average molecular weight is 320 g/mol. The van der Waals surface area contributed by atoms with Crippen LogP contribution in [0.25, 0.3) is 0 Å². The number of aryl methyl sites for hydroxylation is 2. The van der Waals surface area contributed by atoms with Gasteiger partial charge in [0.15, 0.2) is 0 Å². The zero-order chi connectivity index (χ0) is 17.2. The number of benzene rings is 1. The molecule has 126 valence electrons. The van der Waals surface area contributed by atoms with Gasteiger partial charge in [0.2, 0.25) is 11.8 Å². The van der Waals surface area contributed by atoms with E-state index in [1.54, 1.807) is 6.92 Å². The number of nitrogens with one attached hydrogen (secondary N) is 2. The Morgan fingerprint density at radius 3 is 2.35 bits per heavy atom. The molecule has 0 aliphatic rings. The molecule has 0 aliphatic carbocycles. The first-order chi connectivity index (χ1) is 10.9. The van der Waals surface area contributed by atoms with Crippen LogP contribution in [0.4, 0.5) is 0 Å². The Kier molecular flexibility index (Phi) is 7.80. The zero-order valence-electron chi connectivity index (χ0n) is 13.6. The highest BCUT2D eigenvalue weighted by molar-refractivity contribution is 5.84. The van der Waals surface area contributed by atoms with E-state index in [0.29, 0.717) is 12.8 Å². The van der Waals surface area contributed by atoms with E-state index in [9.17, 15) is 14.4 Å². The SMILES string of the molecule is Cc1ccc(CCC(=O)NCC(=O)NCC(C)CC(=O)O)cc1. The Bertz CT molecular complexity index is 540. The van der Waals surface area contributed by atoms with Crippen molar-refractivity contribution in [2.45, 2.75) is 33.1 Å². The van der Waals surface area contributed by atoms with Crippen molar-refractivity contribution in [3.05, 3.63) is 35.4 Å². The van der Waals surface area contributed by atoms with E-state index in [1.807, 2.05) is 31.2 Å². The van der Waals surface area contributed by atoms with E-state index >= 15 is 0 Å². The number of hydrogen-bond acceptors (Lipinski definition) is 3. The molecule has 3 N–H and O–H groups in total. The largest absolute Gasteiger partial charge is 0.481 e. The highest BCUT2D eigenvalue weighted by atomic mass is 16.4. The zero-order valence-corrected chi connectivity index (χ0v) is 13.6. The van der Waals surface area contributed by atoms with Crippen molar-refractivity contribution in [2.24, 2.45) is 5.92 Å². The van der Waals surface area contributed by atoms with Gasteiger partial charge in [-0.2, -0.15) is 0 Å². The van der Waals surface area contributed by atoms with Gasteiger partial charge >= 0.3 is 5.97 Å². The molecule has 6 heteroatoms. The van der Waals surface area contributed by atoms with Gasteiger partial charge in [-0.25, -0.2) is 0 Å². The fourth-order valence-electron chi connectivity index (χ4n) is 2.00. The van der Waals surface area contributed by atoms with Gasteiger partial charge in [-0.3, -0.25) is 14.4 Å². The molecule has 0 radical (unpaired) electrons. The van der Waals surface area contributed by atoms with Gasteiger partial charge in [-0.05, 0) is 24.8 Å². The van der Waals surface area contributed by atoms with E-state index < -0.39 is 5.97 Å². The summed E-state index contributed by atoms with van der Waals surface area (Å²) in [5.74, 6) is -1.53. The fraction of sp³-hybridized carbons (Fsp3) is 0.471. The van der Waals surface area contributed by atoms with Gasteiger partial charge < -0.3 is 15.7 Å². The van der Waals surface area contributed by atoms with Gasteiger partial charge in [0, 0.05) is 19.4 Å². The van der Waals surface area contributed by atoms with Crippen LogP contribution in [0.2, 0.25) is 0 Å². The van der Waals surface area contributed by atoms with Crippen molar-refractivity contribution in [3.63, 3.8) is 0 Å². The summed E-state index contributed by atoms with van der Waals surface area (Å²) >= 11 is 0. The number of carboxylic acids is 1. The molecule has 0 aliphatic heterocycles. The molecule has 6 nitrogen and oxygen atoms in total. The van der Waals surface area contributed by atoms with Crippen molar-refractivity contribution in [1.29, 1.82) is 0 Å². The summed E-state index contributed by atoms with van der Waals surface area (Å²) in [6.07, 6.45) is 0.957. The van der Waals surface area contributed by atoms with Crippen LogP contribution < -0.4 is 10.6 Å². The minimum absolute atomic E-state index is 0.00316. The van der Waals surface area contributed by atoms with Crippen LogP contribution in [0.3, 0.4) is 0 Å². The quantitative estimate of drug-likeness (QED) is 0.638. The van der Waals surface area contributed by atoms with Crippen LogP contribution in [0.1, 0.15) is 30.9 Å². The lowest BCUT2D eigenvalue weighted by Crippen LogP contribution is -2.38. The second kappa shape index (κ2) is 9.61. The smallest absolute Gasteiger partial charge is 0.303 e. The summed E-state index contributed by atoms with van der Waals surface area (Å²) in [7, 11) is 0. The van der Waals surface area contributed by atoms with Crippen LogP contribution >= 0.6 is 0 Å². The molecule has 1 aromatic rings. The van der Waals surface area contributed by atoms with Crippen molar-refractivity contribution < 1.29 is 19.5 Å². The monoisotopic (exact) mass is 320 g/mol. The molecule has 1 unspecified atom stereocenters. The van der Waals surface area contributed by atoms with E-state index in [0.717, 1.165) is 5.56 Å². The number of aliphatic carboxylic acids is 1. The molecule has 23 heavy (non-hydrogen) atoms. The third kappa shape index (κ3) is 8.60. The molecule has 0 heterocycles. The standard InChI is InChI=1S/C17H24N2O4/c1-12-3-5-14(6-4-12)7-8-15(20)19-11-16(21)18-10-13(2)9-17(22)23/h3-6,13H,7-11H2,1-2H3,(H,18,21)(H,19,20)(H,22,23). The molecule has 1 aromatic carbocycles. The molecule has 1 rings (SSSR count). The van der Waals surface area contributed by atoms with Crippen molar-refractivity contribution in [2.75, 3.05) is 13.1 Å². The first-order valence-electron chi connectivity index (χ1n) is 7.67. The number of carbonyl (C=O) groups is 3. The summed E-state index contributed by atoms with van der Waals surface area (Å²) in [5.41, 5.74) is 2.25. The fourth-order valence-corrected chi connectivity index (χ4v) is 2.00. The first kappa shape index (κ1) is 18.7. The van der Waals surface area contributed by atoms with Crippen LogP contribution in [0, 0.1) is 12.8 Å². The predicted octanol–water partition coefficient (Wildman–Crippen LogP) is 1.27. The Morgan fingerprint density at radius 1 is 1.09 bits per heavy atom. The summed E-state index contributed by atoms with van der Waals surface area (Å²) in [6, 6.07) is 7.97. The van der Waals surface area contributed by atoms with Gasteiger partial charge in [-0.1, -0.05) is 36.8 Å². The van der Waals surface area contributed by atoms with E-state index in [2.05, 4.69) is 10.6 Å². The molecule has 0 fully saturated rings. The molecule has 0 saturated carbocycles. The third-order valence-electron chi connectivity index (χ3n) is 3.38. The van der Waals surface area contributed by atoms with E-state index in [-0.39, 0.29) is 37.2 Å². The second-order valence-electron chi connectivity index (χ2n) is 5.77. The van der Waals surface area contributed by atoms with Crippen LogP contribution in [-0.2, 0) is 20.8 Å². The number of amides is 2. The van der Waals surface area contributed by atoms with Gasteiger partial charge in [0.25, 0.3) is 0 Å². The minimum atomic E-state index is -0.892. The third-order valence-corrected chi connectivity index (χ3v) is 3.38. The summed E-state index contributed by atoms with van der Waals surface area (Å²) in [6.45, 7) is 3.94. The molecule has 0 spiro atoms. The summed E-state index contributed by atoms with van der Waals surface area (Å²) < 4.78 is 0. The maximum atomic E-state index is 11.7. The Hall–Kier alpha value is -2.37. The summed E-state index contributed by atoms with van der Waals surface area (Å²) in [5, 5.41) is 13.8. The lowest BCUT2D eigenvalue weighted by molar-refractivity contribution is -0.138. The maximum Gasteiger partial charge on any atom is 0.303 e. The van der Waals surface area contributed by atoms with Gasteiger partial charge in [-0.15, -0.1) is 0 Å². The molecule has 2 amide bonds. The van der Waals surface area contributed by atoms with Crippen LogP contribution in [0.5, 0.6) is 0 Å². The lowest BCUT2D eigenvalue weighted by Gasteiger charge is -2.11. The van der Waals surface area contributed by atoms with E-state index in [1.165, 1.54) is 5.56 Å². The highest BCUT2D eigenvalue weighted by Gasteiger charge is 2.10. The number of carbonyl (C=O) groups excluding carboxylic acids is 2. The Balaban J connectivity index is 2.18. The number of hydrogen-bond donors (Lipinski definition) is 3. The molecular formula is C17H24N2O4. The Morgan fingerprint density at radius 2 is 1.74 bits per heavy atom. The van der Waals surface area contributed by atoms with Crippen molar-refractivity contribution in [3.8, 4) is 0 Å². The van der Waals surface area contributed by atoms with E-state index in [4.69, 9.17) is 5.11 Å². The number of carboxylic acid groups (broad SMARTS) is 1. The molecular weight excluding hydrogens is 296 g/mol. The van der Waals surface area contributed by atoms with Gasteiger partial charge in [0.1, 0.15) is 0 Å². The first-order valence-corrected chi connectivity index (χ1v) is 7.67. The molecule has 0 saturated heterocycles. The van der Waals surface area contributed by atoms with Crippen LogP contribution in [0.15, 0.2) is 24.3 Å². The predicted molar refractivity (Wildman–Crippen MR) is 86.9 cm³/mol. The molecule has 0 bridgehead atoms. The highest BCUT2D eigenvalue weighted by Crippen LogP contribution is 2.05. The lowest BCUT2D eigenvalue weighted by atomic mass is 10.1. The topological polar surface area (TPSA) is 95.5 Å². The Labute approximate surface area is 136 Å². The van der Waals surface area contributed by atoms with Gasteiger partial charge in [0.05, 0.1) is 6.54 Å². The summed E-state index contributed by atoms with van der Waals surface area (Å²) in [4.78, 5) is 33.8. The molecule has 0 aromatic heterocycles. The normalized spacial score (nSPS) is 11.6. The van der Waals surface area contributed by atoms with Crippen molar-refractivity contribution in [1.82, 2.24) is 10.6 Å². The maximum absolute atomic E-state index is 11.7. The molecule has 1 atom stereocenters.